The quantitative estimate of drug-likeness (QED) is 0.143. The second-order valence-electron chi connectivity index (χ2n) is 10.2. The van der Waals surface area contributed by atoms with E-state index in [0.29, 0.717) is 35.1 Å². The van der Waals surface area contributed by atoms with Crippen LogP contribution in [0.15, 0.2) is 60.8 Å². The van der Waals surface area contributed by atoms with Crippen molar-refractivity contribution in [3.63, 3.8) is 0 Å². The molecule has 0 spiro atoms. The Morgan fingerprint density at radius 1 is 1.24 bits per heavy atom. The number of hydrogen-bond donors (Lipinski definition) is 3. The van der Waals surface area contributed by atoms with Gasteiger partial charge >= 0.3 is 0 Å². The molecule has 1 fully saturated rings. The first-order valence-electron chi connectivity index (χ1n) is 13.5. The monoisotopic (exact) mass is 576 g/mol. The van der Waals surface area contributed by atoms with E-state index >= 15 is 0 Å². The molecule has 2 aliphatic heterocycles. The Morgan fingerprint density at radius 3 is 2.85 bits per heavy atom. The lowest BCUT2D eigenvalue weighted by atomic mass is 9.99. The predicted octanol–water partition coefficient (Wildman–Crippen LogP) is 5.19. The molecule has 0 radical (unpaired) electrons. The van der Waals surface area contributed by atoms with Gasteiger partial charge in [0, 0.05) is 30.3 Å². The number of aromatic nitrogens is 3. The van der Waals surface area contributed by atoms with Gasteiger partial charge in [0.15, 0.2) is 5.84 Å². The van der Waals surface area contributed by atoms with Crippen LogP contribution in [0.2, 0.25) is 5.02 Å². The van der Waals surface area contributed by atoms with Crippen LogP contribution in [0.5, 0.6) is 5.75 Å². The highest BCUT2D eigenvalue weighted by atomic mass is 35.5. The van der Waals surface area contributed by atoms with Crippen molar-refractivity contribution in [3.8, 4) is 5.75 Å². The Morgan fingerprint density at radius 2 is 2.12 bits per heavy atom. The van der Waals surface area contributed by atoms with E-state index in [2.05, 4.69) is 26.6 Å². The van der Waals surface area contributed by atoms with E-state index < -0.39 is 0 Å². The smallest absolute Gasteiger partial charge is 0.168 e. The zero-order valence-electron chi connectivity index (χ0n) is 22.3. The standard InChI is InChI=1S/C30H30ClFN6O3/c31-22-5-4-21(25(32)13-22)18-41-23-3-1-2-20(12-23)19-6-9-37(10-7-19)17-29-35-26-14-27(30(33)36-39)34-15-28(26)38(29)16-24-8-11-40-24/h1-6,12-15,24,39H,7-11,16-18H2,(H2,33,36)/t24-/m0/s1. The van der Waals surface area contributed by atoms with Crippen LogP contribution in [0.4, 0.5) is 4.39 Å². The predicted molar refractivity (Wildman–Crippen MR) is 154 cm³/mol. The third-order valence-electron chi connectivity index (χ3n) is 7.53. The average molecular weight is 577 g/mol. The van der Waals surface area contributed by atoms with E-state index in [1.54, 1.807) is 24.4 Å². The fourth-order valence-electron chi connectivity index (χ4n) is 5.13. The Bertz CT molecular complexity index is 1620. The van der Waals surface area contributed by atoms with Crippen molar-refractivity contribution in [1.82, 2.24) is 24.9 Å². The highest BCUT2D eigenvalue weighted by Gasteiger charge is 2.24. The zero-order valence-corrected chi connectivity index (χ0v) is 23.1. The van der Waals surface area contributed by atoms with Gasteiger partial charge in [0.2, 0.25) is 0 Å². The number of halogens is 2. The maximum absolute atomic E-state index is 14.1. The summed E-state index contributed by atoms with van der Waals surface area (Å²) < 4.78 is 27.9. The third-order valence-corrected chi connectivity index (χ3v) is 7.77. The van der Waals surface area contributed by atoms with Crippen molar-refractivity contribution in [2.24, 2.45) is 0 Å². The number of fused-ring (bicyclic) bond motifs is 1. The first kappa shape index (κ1) is 27.3. The van der Waals surface area contributed by atoms with Gasteiger partial charge in [0.1, 0.15) is 29.7 Å². The maximum Gasteiger partial charge on any atom is 0.168 e. The fourth-order valence-corrected chi connectivity index (χ4v) is 5.29. The molecule has 1 saturated heterocycles. The number of nitrogens with zero attached hydrogens (tertiary/aromatic N) is 4. The van der Waals surface area contributed by atoms with Crippen molar-refractivity contribution in [3.05, 3.63) is 94.3 Å². The lowest BCUT2D eigenvalue weighted by Crippen LogP contribution is -2.33. The van der Waals surface area contributed by atoms with E-state index in [-0.39, 0.29) is 24.4 Å². The van der Waals surface area contributed by atoms with Gasteiger partial charge in [-0.05, 0) is 54.3 Å². The number of ether oxygens (including phenoxy) is 2. The molecule has 0 amide bonds. The Balaban J connectivity index is 1.15. The summed E-state index contributed by atoms with van der Waals surface area (Å²) in [7, 11) is 0. The Kier molecular flexibility index (Phi) is 7.97. The van der Waals surface area contributed by atoms with Gasteiger partial charge in [-0.15, -0.1) is 0 Å². The number of hydrogen-bond acceptors (Lipinski definition) is 7. The van der Waals surface area contributed by atoms with Crippen LogP contribution in [0.3, 0.4) is 0 Å². The third kappa shape index (κ3) is 6.11. The van der Waals surface area contributed by atoms with Gasteiger partial charge < -0.3 is 14.0 Å². The molecule has 2 aliphatic rings. The zero-order chi connectivity index (χ0) is 28.3. The minimum absolute atomic E-state index is 0.126. The van der Waals surface area contributed by atoms with Crippen molar-refractivity contribution in [2.75, 3.05) is 19.7 Å². The molecule has 212 valence electrons. The summed E-state index contributed by atoms with van der Waals surface area (Å²) in [5, 5.41) is 17.3. The summed E-state index contributed by atoms with van der Waals surface area (Å²) in [4.78, 5) is 11.6. The van der Waals surface area contributed by atoms with E-state index in [9.17, 15) is 4.39 Å². The van der Waals surface area contributed by atoms with Crippen LogP contribution in [0.1, 0.15) is 35.5 Å². The Hall–Kier alpha value is -3.83. The minimum atomic E-state index is -0.379. The van der Waals surface area contributed by atoms with Gasteiger partial charge in [0.25, 0.3) is 0 Å². The molecule has 11 heteroatoms. The van der Waals surface area contributed by atoms with E-state index in [1.807, 2.05) is 23.7 Å². The molecular formula is C30H30ClFN6O3. The highest BCUT2D eigenvalue weighted by Crippen LogP contribution is 2.28. The van der Waals surface area contributed by atoms with Crippen molar-refractivity contribution >= 4 is 34.0 Å². The maximum atomic E-state index is 14.1. The van der Waals surface area contributed by atoms with Crippen LogP contribution in [-0.2, 0) is 24.4 Å². The number of hydroxylamine groups is 1. The summed E-state index contributed by atoms with van der Waals surface area (Å²) >= 11 is 5.85. The molecule has 9 nitrogen and oxygen atoms in total. The highest BCUT2D eigenvalue weighted by molar-refractivity contribution is 6.30. The van der Waals surface area contributed by atoms with Crippen LogP contribution >= 0.6 is 11.6 Å². The summed E-state index contributed by atoms with van der Waals surface area (Å²) in [6, 6.07) is 14.2. The number of rotatable bonds is 9. The number of nitrogens with one attached hydrogen (secondary N) is 2. The minimum Gasteiger partial charge on any atom is -0.489 e. The molecule has 6 rings (SSSR count). The first-order valence-corrected chi connectivity index (χ1v) is 13.9. The summed E-state index contributed by atoms with van der Waals surface area (Å²) in [6.45, 7) is 3.89. The Labute approximate surface area is 241 Å². The largest absolute Gasteiger partial charge is 0.489 e. The van der Waals surface area contributed by atoms with Gasteiger partial charge in [-0.3, -0.25) is 26.0 Å². The van der Waals surface area contributed by atoms with Gasteiger partial charge in [0.05, 0.1) is 36.4 Å². The SMILES string of the molecule is N=C(NO)c1cc2nc(CN3CC=C(c4cccc(OCc5ccc(Cl)cc5F)c4)CC3)n(C[C@@H]3CCO3)c2cn1. The average Bonchev–Trinajstić information content (AvgIpc) is 3.30. The summed E-state index contributed by atoms with van der Waals surface area (Å²) in [6.07, 6.45) is 5.97. The molecule has 4 heterocycles. The number of pyridine rings is 1. The number of benzene rings is 2. The molecular weight excluding hydrogens is 547 g/mol. The molecule has 0 unspecified atom stereocenters. The molecule has 3 N–H and O–H groups in total. The first-order chi connectivity index (χ1) is 20.0. The molecule has 4 aromatic rings. The van der Waals surface area contributed by atoms with Crippen molar-refractivity contribution in [2.45, 2.75) is 38.6 Å². The second-order valence-corrected chi connectivity index (χ2v) is 10.7. The molecule has 0 aliphatic carbocycles. The lowest BCUT2D eigenvalue weighted by Gasteiger charge is -2.29. The van der Waals surface area contributed by atoms with E-state index in [1.165, 1.54) is 11.6 Å². The molecule has 2 aromatic heterocycles. The van der Waals surface area contributed by atoms with Crippen LogP contribution in [-0.4, -0.2) is 56.3 Å². The number of amidine groups is 1. The van der Waals surface area contributed by atoms with Gasteiger partial charge in [-0.2, -0.15) is 0 Å². The van der Waals surface area contributed by atoms with Crippen molar-refractivity contribution in [1.29, 1.82) is 5.41 Å². The van der Waals surface area contributed by atoms with Crippen LogP contribution in [0.25, 0.3) is 16.6 Å². The topological polar surface area (TPSA) is 109 Å². The van der Waals surface area contributed by atoms with Gasteiger partial charge in [-0.1, -0.05) is 35.9 Å². The molecule has 0 bridgehead atoms. The van der Waals surface area contributed by atoms with Crippen LogP contribution < -0.4 is 10.2 Å². The summed E-state index contributed by atoms with van der Waals surface area (Å²) in [5.41, 5.74) is 6.57. The lowest BCUT2D eigenvalue weighted by molar-refractivity contribution is -0.0591. The normalized spacial score (nSPS) is 17.2. The second kappa shape index (κ2) is 12.0. The van der Waals surface area contributed by atoms with Crippen molar-refractivity contribution < 1.29 is 19.1 Å². The van der Waals surface area contributed by atoms with E-state index in [4.69, 9.17) is 36.7 Å². The molecule has 41 heavy (non-hydrogen) atoms. The number of imidazole rings is 1. The summed E-state index contributed by atoms with van der Waals surface area (Å²) in [5.74, 6) is 1.05. The van der Waals surface area contributed by atoms with Gasteiger partial charge in [-0.25, -0.2) is 9.37 Å². The molecule has 0 saturated carbocycles. The van der Waals surface area contributed by atoms with E-state index in [0.717, 1.165) is 55.0 Å². The molecule has 1 atom stereocenters. The molecule has 2 aromatic carbocycles. The fraction of sp³-hybridized carbons (Fsp3) is 0.300. The van der Waals surface area contributed by atoms with Crippen LogP contribution in [0, 0.1) is 11.2 Å².